The molecule has 3 aromatic rings. The maximum Gasteiger partial charge on any atom is 0.338 e. The highest BCUT2D eigenvalue weighted by Gasteiger charge is 2.28. The lowest BCUT2D eigenvalue weighted by atomic mass is 10.1. The Morgan fingerprint density at radius 1 is 0.966 bits per heavy atom. The molecule has 0 saturated carbocycles. The van der Waals surface area contributed by atoms with E-state index >= 15 is 0 Å². The number of hydrogen-bond acceptors (Lipinski definition) is 3. The van der Waals surface area contributed by atoms with Crippen molar-refractivity contribution in [1.29, 1.82) is 0 Å². The van der Waals surface area contributed by atoms with Gasteiger partial charge in [0.2, 0.25) is 0 Å². The summed E-state index contributed by atoms with van der Waals surface area (Å²) in [6, 6.07) is 13.7. The number of carbonyl (C=O) groups is 1. The van der Waals surface area contributed by atoms with Crippen LogP contribution < -0.4 is 5.69 Å². The maximum absolute atomic E-state index is 13.5. The van der Waals surface area contributed by atoms with Crippen LogP contribution >= 0.6 is 23.2 Å². The highest BCUT2D eigenvalue weighted by Crippen LogP contribution is 2.23. The van der Waals surface area contributed by atoms with Crippen LogP contribution in [0.25, 0.3) is 11.4 Å². The fourth-order valence-corrected chi connectivity index (χ4v) is 3.40. The molecule has 152 valence electrons. The van der Waals surface area contributed by atoms with Gasteiger partial charge in [0.05, 0.1) is 24.2 Å². The van der Waals surface area contributed by atoms with Crippen LogP contribution in [0.15, 0.2) is 53.3 Å². The molecule has 0 bridgehead atoms. The number of aromatic nitrogens is 2. The van der Waals surface area contributed by atoms with Crippen molar-refractivity contribution in [3.05, 3.63) is 80.4 Å². The van der Waals surface area contributed by atoms with Gasteiger partial charge in [0.25, 0.3) is 5.91 Å². The van der Waals surface area contributed by atoms with Gasteiger partial charge in [-0.3, -0.25) is 18.8 Å². The van der Waals surface area contributed by atoms with E-state index in [2.05, 4.69) is 0 Å². The Kier molecular flexibility index (Phi) is 6.47. The topological polar surface area (TPSA) is 56.5 Å². The number of rotatable bonds is 6. The molecular formula is C21H21Cl2N3O3. The number of hydrogen-bond donors (Lipinski definition) is 0. The Morgan fingerprint density at radius 2 is 1.45 bits per heavy atom. The van der Waals surface area contributed by atoms with E-state index < -0.39 is 5.91 Å². The van der Waals surface area contributed by atoms with E-state index in [1.54, 1.807) is 53.1 Å². The van der Waals surface area contributed by atoms with Crippen molar-refractivity contribution in [3.63, 3.8) is 0 Å². The molecule has 2 aromatic carbocycles. The summed E-state index contributed by atoms with van der Waals surface area (Å²) in [7, 11) is 2.91. The molecule has 29 heavy (non-hydrogen) atoms. The molecule has 6 nitrogen and oxygen atoms in total. The van der Waals surface area contributed by atoms with E-state index in [0.717, 1.165) is 11.5 Å². The summed E-state index contributed by atoms with van der Waals surface area (Å²) in [6.45, 7) is 1.99. The van der Waals surface area contributed by atoms with Crippen LogP contribution in [-0.2, 0) is 11.3 Å². The fourth-order valence-electron chi connectivity index (χ4n) is 3.15. The average molecular weight is 434 g/mol. The smallest absolute Gasteiger partial charge is 0.274 e. The van der Waals surface area contributed by atoms with Gasteiger partial charge in [-0.15, -0.1) is 0 Å². The molecule has 8 heteroatoms. The summed E-state index contributed by atoms with van der Waals surface area (Å²) in [5.41, 5.74) is 1.66. The van der Waals surface area contributed by atoms with Crippen molar-refractivity contribution in [1.82, 2.24) is 14.2 Å². The molecular weight excluding hydrogens is 413 g/mol. The molecule has 3 rings (SSSR count). The van der Waals surface area contributed by atoms with E-state index in [4.69, 9.17) is 28.0 Å². The molecule has 0 saturated heterocycles. The number of nitrogens with zero attached hydrogens (tertiary/aromatic N) is 3. The predicted octanol–water partition coefficient (Wildman–Crippen LogP) is 4.52. The van der Waals surface area contributed by atoms with Crippen LogP contribution in [0.1, 0.15) is 29.5 Å². The zero-order valence-corrected chi connectivity index (χ0v) is 17.9. The first-order valence-electron chi connectivity index (χ1n) is 9.09. The molecule has 1 amide bonds. The first-order valence-corrected chi connectivity index (χ1v) is 9.85. The van der Waals surface area contributed by atoms with Gasteiger partial charge in [0.1, 0.15) is 5.69 Å². The number of imidazole rings is 1. The third-order valence-electron chi connectivity index (χ3n) is 4.57. The Balaban J connectivity index is 2.37. The lowest BCUT2D eigenvalue weighted by Gasteiger charge is -2.16. The van der Waals surface area contributed by atoms with Crippen molar-refractivity contribution in [2.75, 3.05) is 14.2 Å². The maximum atomic E-state index is 13.5. The predicted molar refractivity (Wildman–Crippen MR) is 114 cm³/mol. The fraction of sp³-hybridized carbons (Fsp3) is 0.238. The molecule has 0 fully saturated rings. The van der Waals surface area contributed by atoms with E-state index in [1.807, 2.05) is 6.92 Å². The molecule has 0 radical (unpaired) electrons. The minimum Gasteiger partial charge on any atom is -0.274 e. The second-order valence-electron chi connectivity index (χ2n) is 6.44. The van der Waals surface area contributed by atoms with E-state index in [0.29, 0.717) is 33.5 Å². The first kappa shape index (κ1) is 21.2. The number of carbonyl (C=O) groups excluding carboxylic acids is 1. The summed E-state index contributed by atoms with van der Waals surface area (Å²) in [6.07, 6.45) is 1.27. The number of amides is 1. The van der Waals surface area contributed by atoms with Crippen molar-refractivity contribution in [3.8, 4) is 11.4 Å². The van der Waals surface area contributed by atoms with Crippen LogP contribution in [0.4, 0.5) is 0 Å². The van der Waals surface area contributed by atoms with Crippen molar-refractivity contribution < 1.29 is 9.63 Å². The van der Waals surface area contributed by atoms with Crippen LogP contribution in [0, 0.1) is 0 Å². The molecule has 1 aromatic heterocycles. The Morgan fingerprint density at radius 3 is 1.90 bits per heavy atom. The molecule has 1 heterocycles. The second kappa shape index (κ2) is 8.86. The van der Waals surface area contributed by atoms with Crippen LogP contribution in [0.2, 0.25) is 10.0 Å². The summed E-state index contributed by atoms with van der Waals surface area (Å²) in [5.74, 6) is -0.421. The molecule has 0 atom stereocenters. The van der Waals surface area contributed by atoms with E-state index in [-0.39, 0.29) is 11.4 Å². The Labute approximate surface area is 178 Å². The minimum atomic E-state index is -0.421. The number of benzene rings is 2. The third kappa shape index (κ3) is 4.10. The van der Waals surface area contributed by atoms with Gasteiger partial charge in [0.15, 0.2) is 0 Å². The molecule has 0 spiro atoms. The number of hydroxylamine groups is 2. The van der Waals surface area contributed by atoms with Crippen molar-refractivity contribution in [2.45, 2.75) is 19.8 Å². The monoisotopic (exact) mass is 433 g/mol. The molecule has 0 N–H and O–H groups in total. The van der Waals surface area contributed by atoms with Crippen LogP contribution in [0.3, 0.4) is 0 Å². The first-order chi connectivity index (χ1) is 13.9. The van der Waals surface area contributed by atoms with Crippen LogP contribution in [0.5, 0.6) is 0 Å². The lowest BCUT2D eigenvalue weighted by molar-refractivity contribution is -0.0762. The van der Waals surface area contributed by atoms with Gasteiger partial charge < -0.3 is 0 Å². The van der Waals surface area contributed by atoms with Gasteiger partial charge in [-0.05, 0) is 55.0 Å². The largest absolute Gasteiger partial charge is 0.338 e. The van der Waals surface area contributed by atoms with Gasteiger partial charge in [-0.2, -0.15) is 0 Å². The summed E-state index contributed by atoms with van der Waals surface area (Å²) < 4.78 is 2.94. The Bertz CT molecular complexity index is 1070. The summed E-state index contributed by atoms with van der Waals surface area (Å²) in [4.78, 5) is 31.8. The molecule has 0 aliphatic rings. The van der Waals surface area contributed by atoms with Crippen LogP contribution in [-0.4, -0.2) is 34.3 Å². The van der Waals surface area contributed by atoms with Crippen molar-refractivity contribution >= 4 is 29.1 Å². The highest BCUT2D eigenvalue weighted by atomic mass is 35.5. The van der Waals surface area contributed by atoms with Gasteiger partial charge in [0, 0.05) is 17.1 Å². The SMILES string of the molecule is CCCc1c(C(=O)N(C)OC)n(-c2ccc(Cl)cc2)c(=O)n1-c1ccc(Cl)cc1. The Hall–Kier alpha value is -2.54. The normalized spacial score (nSPS) is 10.9. The van der Waals surface area contributed by atoms with Crippen molar-refractivity contribution in [2.24, 2.45) is 0 Å². The summed E-state index contributed by atoms with van der Waals surface area (Å²) in [5, 5.41) is 2.20. The van der Waals surface area contributed by atoms with E-state index in [1.165, 1.54) is 18.7 Å². The zero-order valence-electron chi connectivity index (χ0n) is 16.4. The molecule has 0 unspecified atom stereocenters. The van der Waals surface area contributed by atoms with Gasteiger partial charge in [-0.25, -0.2) is 9.86 Å². The standard InChI is InChI=1S/C21H21Cl2N3O3/c1-4-5-18-19(20(27)24(2)29-3)26(17-12-8-15(23)9-13-17)21(28)25(18)16-10-6-14(22)7-11-16/h6-13H,4-5H2,1-3H3. The second-order valence-corrected chi connectivity index (χ2v) is 7.31. The molecule has 0 aliphatic carbocycles. The highest BCUT2D eigenvalue weighted by molar-refractivity contribution is 6.30. The quantitative estimate of drug-likeness (QED) is 0.536. The van der Waals surface area contributed by atoms with Gasteiger partial charge >= 0.3 is 5.69 Å². The minimum absolute atomic E-state index is 0.249. The zero-order chi connectivity index (χ0) is 21.1. The lowest BCUT2D eigenvalue weighted by Crippen LogP contribution is -2.30. The average Bonchev–Trinajstić information content (AvgIpc) is 3.00. The summed E-state index contributed by atoms with van der Waals surface area (Å²) >= 11 is 12.0. The van der Waals surface area contributed by atoms with Gasteiger partial charge in [-0.1, -0.05) is 36.5 Å². The third-order valence-corrected chi connectivity index (χ3v) is 5.07. The number of halogens is 2. The van der Waals surface area contributed by atoms with E-state index in [9.17, 15) is 9.59 Å². The molecule has 0 aliphatic heterocycles.